The van der Waals surface area contributed by atoms with E-state index in [2.05, 4.69) is 43.4 Å². The maximum Gasteiger partial charge on any atom is 0.275 e. The van der Waals surface area contributed by atoms with Gasteiger partial charge in [-0.2, -0.15) is 5.10 Å². The molecule has 0 aliphatic rings. The molecule has 0 saturated carbocycles. The van der Waals surface area contributed by atoms with Gasteiger partial charge in [0.05, 0.1) is 28.4 Å². The van der Waals surface area contributed by atoms with Gasteiger partial charge in [-0.25, -0.2) is 5.43 Å². The second-order valence-corrected chi connectivity index (χ2v) is 10.3. The Balaban J connectivity index is 1.79. The first-order chi connectivity index (χ1) is 15.5. The number of thiophene rings is 1. The number of nitro benzene ring substituents is 1. The SMILES string of the molecule is CC(=NNC(=O)c1ccc(CO)c([N+](=O)[O-])c1)c1c[s+](-c2ccc(C(C)(C)C)cc2)cc1O. The maximum absolute atomic E-state index is 12.4. The van der Waals surface area contributed by atoms with Crippen molar-refractivity contribution in [3.05, 3.63) is 85.6 Å². The van der Waals surface area contributed by atoms with Gasteiger partial charge in [0.15, 0.2) is 21.4 Å². The molecule has 0 radical (unpaired) electrons. The van der Waals surface area contributed by atoms with Crippen LogP contribution in [-0.4, -0.2) is 26.8 Å². The van der Waals surface area contributed by atoms with Gasteiger partial charge in [-0.15, -0.1) is 0 Å². The fraction of sp³-hybridized carbons (Fsp3) is 0.250. The molecule has 0 saturated heterocycles. The summed E-state index contributed by atoms with van der Waals surface area (Å²) in [4.78, 5) is 24.0. The molecular formula is C24H26N3O5S+. The Morgan fingerprint density at radius 3 is 2.39 bits per heavy atom. The third-order valence-corrected chi connectivity index (χ3v) is 6.96. The Morgan fingerprint density at radius 2 is 1.82 bits per heavy atom. The summed E-state index contributed by atoms with van der Waals surface area (Å²) in [6, 6.07) is 12.1. The average molecular weight is 469 g/mol. The van der Waals surface area contributed by atoms with Crippen molar-refractivity contribution in [1.29, 1.82) is 0 Å². The van der Waals surface area contributed by atoms with Crippen LogP contribution >= 0.6 is 10.5 Å². The van der Waals surface area contributed by atoms with Crippen molar-refractivity contribution in [2.45, 2.75) is 39.7 Å². The monoisotopic (exact) mass is 468 g/mol. The molecule has 1 unspecified atom stereocenters. The van der Waals surface area contributed by atoms with Crippen molar-refractivity contribution in [3.63, 3.8) is 0 Å². The van der Waals surface area contributed by atoms with Crippen molar-refractivity contribution in [2.24, 2.45) is 5.10 Å². The second kappa shape index (κ2) is 9.51. The number of aromatic hydroxyl groups is 1. The van der Waals surface area contributed by atoms with Crippen LogP contribution < -0.4 is 5.43 Å². The molecule has 0 bridgehead atoms. The Bertz CT molecular complexity index is 1220. The summed E-state index contributed by atoms with van der Waals surface area (Å²) in [5.74, 6) is -0.558. The molecule has 33 heavy (non-hydrogen) atoms. The highest BCUT2D eigenvalue weighted by Gasteiger charge is 2.21. The summed E-state index contributed by atoms with van der Waals surface area (Å²) in [6.45, 7) is 7.60. The largest absolute Gasteiger partial charge is 0.503 e. The van der Waals surface area contributed by atoms with Crippen LogP contribution in [0.4, 0.5) is 5.69 Å². The number of carbonyl (C=O) groups is 1. The van der Waals surface area contributed by atoms with Crippen molar-refractivity contribution in [3.8, 4) is 10.6 Å². The van der Waals surface area contributed by atoms with E-state index in [-0.39, 0.29) is 28.0 Å². The van der Waals surface area contributed by atoms with Gasteiger partial charge >= 0.3 is 0 Å². The van der Waals surface area contributed by atoms with Crippen LogP contribution in [0.15, 0.2) is 58.3 Å². The van der Waals surface area contributed by atoms with E-state index >= 15 is 0 Å². The number of aliphatic hydroxyl groups is 1. The molecule has 1 atom stereocenters. The van der Waals surface area contributed by atoms with E-state index in [1.54, 1.807) is 12.3 Å². The first-order valence-corrected chi connectivity index (χ1v) is 11.5. The quantitative estimate of drug-likeness (QED) is 0.204. The Hall–Kier alpha value is -3.56. The molecule has 0 aliphatic carbocycles. The lowest BCUT2D eigenvalue weighted by Crippen LogP contribution is -2.19. The second-order valence-electron chi connectivity index (χ2n) is 8.58. The molecule has 9 heteroatoms. The van der Waals surface area contributed by atoms with Gasteiger partial charge in [0.2, 0.25) is 0 Å². The number of aliphatic hydroxyl groups excluding tert-OH is 1. The molecular weight excluding hydrogens is 442 g/mol. The highest BCUT2D eigenvalue weighted by Crippen LogP contribution is 2.39. The lowest BCUT2D eigenvalue weighted by atomic mass is 9.87. The summed E-state index contributed by atoms with van der Waals surface area (Å²) < 4.78 is 0. The number of rotatable bonds is 6. The van der Waals surface area contributed by atoms with Crippen LogP contribution in [0.2, 0.25) is 0 Å². The third-order valence-electron chi connectivity index (χ3n) is 5.18. The summed E-state index contributed by atoms with van der Waals surface area (Å²) in [5, 5.41) is 38.5. The maximum atomic E-state index is 12.4. The minimum atomic E-state index is -0.655. The number of hydrazone groups is 1. The normalized spacial score (nSPS) is 12.5. The highest BCUT2D eigenvalue weighted by atomic mass is 32.2. The van der Waals surface area contributed by atoms with Gasteiger partial charge in [-0.3, -0.25) is 14.9 Å². The predicted molar refractivity (Wildman–Crippen MR) is 129 cm³/mol. The van der Waals surface area contributed by atoms with Gasteiger partial charge in [0, 0.05) is 22.1 Å². The van der Waals surface area contributed by atoms with Crippen LogP contribution in [0.1, 0.15) is 54.7 Å². The molecule has 172 valence electrons. The number of carbonyl (C=O) groups excluding carboxylic acids is 1. The molecule has 1 aromatic heterocycles. The molecule has 1 heterocycles. The minimum absolute atomic E-state index is 0.0364. The number of nitro groups is 1. The lowest BCUT2D eigenvalue weighted by Gasteiger charge is -2.18. The minimum Gasteiger partial charge on any atom is -0.503 e. The van der Waals surface area contributed by atoms with E-state index in [1.807, 2.05) is 17.5 Å². The van der Waals surface area contributed by atoms with E-state index in [1.165, 1.54) is 17.7 Å². The Morgan fingerprint density at radius 1 is 1.15 bits per heavy atom. The van der Waals surface area contributed by atoms with Crippen LogP contribution in [0.25, 0.3) is 4.90 Å². The first kappa shape index (κ1) is 24.1. The van der Waals surface area contributed by atoms with Crippen LogP contribution in [0.3, 0.4) is 0 Å². The van der Waals surface area contributed by atoms with E-state index in [9.17, 15) is 25.1 Å². The summed E-state index contributed by atoms with van der Waals surface area (Å²) in [7, 11) is -0.435. The van der Waals surface area contributed by atoms with Gasteiger partial charge < -0.3 is 10.2 Å². The number of benzene rings is 2. The number of nitrogens with one attached hydrogen (secondary N) is 1. The molecule has 3 rings (SSSR count). The topological polar surface area (TPSA) is 125 Å². The summed E-state index contributed by atoms with van der Waals surface area (Å²) in [5.41, 5.74) is 4.37. The highest BCUT2D eigenvalue weighted by molar-refractivity contribution is 7.37. The Kier molecular flexibility index (Phi) is 6.95. The fourth-order valence-electron chi connectivity index (χ4n) is 3.19. The van der Waals surface area contributed by atoms with Gasteiger partial charge in [-0.1, -0.05) is 32.9 Å². The zero-order chi connectivity index (χ0) is 24.3. The standard InChI is InChI=1S/C24H25N3O5S/c1-15(25-26-23(30)16-5-6-17(12-28)21(11-16)27(31)32)20-13-33(14-22(20)29)19-9-7-18(8-10-19)24(2,3)4/h5-11,13-14,28H,12H2,1-4H3,(H-,26,29,30)/p+1. The van der Waals surface area contributed by atoms with Crippen LogP contribution in [0.5, 0.6) is 5.75 Å². The molecule has 0 spiro atoms. The fourth-order valence-corrected chi connectivity index (χ4v) is 4.90. The number of amides is 1. The van der Waals surface area contributed by atoms with E-state index in [4.69, 9.17) is 0 Å². The molecule has 3 aromatic rings. The molecule has 0 aliphatic heterocycles. The van der Waals surface area contributed by atoms with E-state index < -0.39 is 27.9 Å². The van der Waals surface area contributed by atoms with E-state index in [0.29, 0.717) is 11.3 Å². The molecule has 1 amide bonds. The zero-order valence-electron chi connectivity index (χ0n) is 18.8. The van der Waals surface area contributed by atoms with Crippen molar-refractivity contribution >= 4 is 27.8 Å². The van der Waals surface area contributed by atoms with E-state index in [0.717, 1.165) is 11.0 Å². The average Bonchev–Trinajstić information content (AvgIpc) is 3.17. The van der Waals surface area contributed by atoms with Gasteiger partial charge in [0.25, 0.3) is 11.6 Å². The summed E-state index contributed by atoms with van der Waals surface area (Å²) >= 11 is 0. The Labute approximate surface area is 194 Å². The molecule has 0 fully saturated rings. The van der Waals surface area contributed by atoms with Crippen molar-refractivity contribution in [2.75, 3.05) is 0 Å². The van der Waals surface area contributed by atoms with Gasteiger partial charge in [0.1, 0.15) is 0 Å². The smallest absolute Gasteiger partial charge is 0.275 e. The first-order valence-electron chi connectivity index (χ1n) is 10.2. The molecule has 3 N–H and O–H groups in total. The molecule has 2 aromatic carbocycles. The van der Waals surface area contributed by atoms with Gasteiger partial charge in [-0.05, 0) is 42.2 Å². The number of hydrogen-bond donors (Lipinski definition) is 3. The molecule has 8 nitrogen and oxygen atoms in total. The number of hydrogen-bond acceptors (Lipinski definition) is 6. The number of nitrogens with zero attached hydrogens (tertiary/aromatic N) is 2. The van der Waals surface area contributed by atoms with Crippen LogP contribution in [0, 0.1) is 10.1 Å². The predicted octanol–water partition coefficient (Wildman–Crippen LogP) is 4.98. The zero-order valence-corrected chi connectivity index (χ0v) is 19.6. The lowest BCUT2D eigenvalue weighted by molar-refractivity contribution is -0.385. The third kappa shape index (κ3) is 5.44. The van der Waals surface area contributed by atoms with Crippen molar-refractivity contribution in [1.82, 2.24) is 5.43 Å². The van der Waals surface area contributed by atoms with Crippen molar-refractivity contribution < 1.29 is 19.9 Å². The van der Waals surface area contributed by atoms with Crippen LogP contribution in [-0.2, 0) is 12.0 Å². The summed E-state index contributed by atoms with van der Waals surface area (Å²) in [6.07, 6.45) is 0.